The van der Waals surface area contributed by atoms with Gasteiger partial charge in [0.15, 0.2) is 0 Å². The van der Waals surface area contributed by atoms with Crippen LogP contribution < -0.4 is 16.0 Å². The summed E-state index contributed by atoms with van der Waals surface area (Å²) in [6, 6.07) is 3.47. The van der Waals surface area contributed by atoms with E-state index in [-0.39, 0.29) is 0 Å². The summed E-state index contributed by atoms with van der Waals surface area (Å²) in [6.07, 6.45) is 2.24. The van der Waals surface area contributed by atoms with Gasteiger partial charge in [-0.1, -0.05) is 0 Å². The van der Waals surface area contributed by atoms with E-state index >= 15 is 0 Å². The molecule has 1 saturated carbocycles. The van der Waals surface area contributed by atoms with Gasteiger partial charge in [-0.05, 0) is 55.9 Å². The van der Waals surface area contributed by atoms with Crippen LogP contribution in [0.2, 0.25) is 0 Å². The highest BCUT2D eigenvalue weighted by Crippen LogP contribution is 2.29. The Balaban J connectivity index is 2.30. The maximum Gasteiger partial charge on any atom is 0.241 e. The topological polar surface area (TPSA) is 84.2 Å². The smallest absolute Gasteiger partial charge is 0.241 e. The summed E-state index contributed by atoms with van der Waals surface area (Å²) >= 11 is 0. The largest absolute Gasteiger partial charge is 0.324 e. The zero-order chi connectivity index (χ0) is 13.3. The lowest BCUT2D eigenvalue weighted by atomic mass is 10.1. The first-order chi connectivity index (χ1) is 8.44. The number of nitrogens with one attached hydrogen (secondary N) is 2. The summed E-state index contributed by atoms with van der Waals surface area (Å²) in [5.41, 5.74) is 4.65. The fraction of sp³-hybridized carbons (Fsp3) is 0.500. The van der Waals surface area contributed by atoms with Crippen LogP contribution in [0.15, 0.2) is 17.0 Å². The van der Waals surface area contributed by atoms with Crippen molar-refractivity contribution in [1.82, 2.24) is 4.72 Å². The first-order valence-electron chi connectivity index (χ1n) is 6.01. The van der Waals surface area contributed by atoms with Crippen molar-refractivity contribution < 1.29 is 8.42 Å². The standard InChI is InChI=1S/C12H19N3O2S/c1-8-5-11(15-13)6-9(2)12(8)18(16,17)14-7-10-3-4-10/h5-6,10,14-15H,3-4,7,13H2,1-2H3. The Morgan fingerprint density at radius 2 is 1.83 bits per heavy atom. The summed E-state index contributed by atoms with van der Waals surface area (Å²) in [4.78, 5) is 0.363. The Morgan fingerprint density at radius 1 is 1.28 bits per heavy atom. The number of hydrazine groups is 1. The van der Waals surface area contributed by atoms with Crippen molar-refractivity contribution in [3.8, 4) is 0 Å². The van der Waals surface area contributed by atoms with Crippen molar-refractivity contribution in [3.63, 3.8) is 0 Å². The molecule has 1 aromatic rings. The minimum atomic E-state index is -3.42. The number of anilines is 1. The molecule has 6 heteroatoms. The van der Waals surface area contributed by atoms with E-state index in [4.69, 9.17) is 5.84 Å². The van der Waals surface area contributed by atoms with Crippen molar-refractivity contribution in [2.75, 3.05) is 12.0 Å². The number of sulfonamides is 1. The van der Waals surface area contributed by atoms with Crippen LogP contribution in [0.1, 0.15) is 24.0 Å². The Hall–Kier alpha value is -1.11. The molecule has 0 spiro atoms. The summed E-state index contributed by atoms with van der Waals surface area (Å²) in [5, 5.41) is 0. The first kappa shape index (κ1) is 13.3. The lowest BCUT2D eigenvalue weighted by molar-refractivity contribution is 0.576. The van der Waals surface area contributed by atoms with Gasteiger partial charge in [0.2, 0.25) is 10.0 Å². The Kier molecular flexibility index (Phi) is 3.61. The number of hydrogen-bond acceptors (Lipinski definition) is 4. The van der Waals surface area contributed by atoms with Gasteiger partial charge in [-0.25, -0.2) is 13.1 Å². The fourth-order valence-corrected chi connectivity index (χ4v) is 3.64. The monoisotopic (exact) mass is 269 g/mol. The van der Waals surface area contributed by atoms with Crippen LogP contribution in [-0.2, 0) is 10.0 Å². The lowest BCUT2D eigenvalue weighted by Crippen LogP contribution is -2.27. The van der Waals surface area contributed by atoms with Crippen molar-refractivity contribution in [2.24, 2.45) is 11.8 Å². The summed E-state index contributed by atoms with van der Waals surface area (Å²) < 4.78 is 27.2. The maximum atomic E-state index is 12.2. The van der Waals surface area contributed by atoms with Crippen LogP contribution >= 0.6 is 0 Å². The SMILES string of the molecule is Cc1cc(NN)cc(C)c1S(=O)(=O)NCC1CC1. The van der Waals surface area contributed by atoms with E-state index in [1.165, 1.54) is 0 Å². The maximum absolute atomic E-state index is 12.2. The fourth-order valence-electron chi connectivity index (χ4n) is 2.08. The molecule has 0 amide bonds. The summed E-state index contributed by atoms with van der Waals surface area (Å²) in [6.45, 7) is 4.09. The number of nitrogen functional groups attached to an aromatic ring is 1. The second-order valence-corrected chi connectivity index (χ2v) is 6.58. The van der Waals surface area contributed by atoms with Crippen LogP contribution in [0.4, 0.5) is 5.69 Å². The molecule has 18 heavy (non-hydrogen) atoms. The molecule has 0 radical (unpaired) electrons. The van der Waals surface area contributed by atoms with Crippen LogP contribution in [-0.4, -0.2) is 15.0 Å². The average molecular weight is 269 g/mol. The van der Waals surface area contributed by atoms with Crippen LogP contribution in [0.3, 0.4) is 0 Å². The number of aryl methyl sites for hydroxylation is 2. The second-order valence-electron chi connectivity index (χ2n) is 4.88. The van der Waals surface area contributed by atoms with Gasteiger partial charge in [-0.2, -0.15) is 0 Å². The summed E-state index contributed by atoms with van der Waals surface area (Å²) in [5.74, 6) is 5.86. The van der Waals surface area contributed by atoms with Gasteiger partial charge in [0.05, 0.1) is 4.90 Å². The van der Waals surface area contributed by atoms with E-state index < -0.39 is 10.0 Å². The van der Waals surface area contributed by atoms with Gasteiger partial charge in [0, 0.05) is 12.2 Å². The molecule has 5 nitrogen and oxygen atoms in total. The number of nitrogens with two attached hydrogens (primary N) is 1. The molecule has 1 aromatic carbocycles. The first-order valence-corrected chi connectivity index (χ1v) is 7.50. The molecule has 0 saturated heterocycles. The quantitative estimate of drug-likeness (QED) is 0.555. The van der Waals surface area contributed by atoms with E-state index in [1.54, 1.807) is 26.0 Å². The van der Waals surface area contributed by atoms with Gasteiger partial charge < -0.3 is 5.43 Å². The molecule has 100 valence electrons. The molecule has 0 aliphatic heterocycles. The second kappa shape index (κ2) is 4.87. The molecule has 0 bridgehead atoms. The number of hydrogen-bond donors (Lipinski definition) is 3. The van der Waals surface area contributed by atoms with Crippen molar-refractivity contribution in [3.05, 3.63) is 23.3 Å². The van der Waals surface area contributed by atoms with Gasteiger partial charge in [0.25, 0.3) is 0 Å². The molecule has 4 N–H and O–H groups in total. The third-order valence-electron chi connectivity index (χ3n) is 3.15. The zero-order valence-electron chi connectivity index (χ0n) is 10.7. The molecule has 0 unspecified atom stereocenters. The highest BCUT2D eigenvalue weighted by molar-refractivity contribution is 7.89. The normalized spacial score (nSPS) is 15.7. The van der Waals surface area contributed by atoms with E-state index in [9.17, 15) is 8.42 Å². The molecule has 0 atom stereocenters. The molecule has 1 aliphatic rings. The predicted octanol–water partition coefficient (Wildman–Crippen LogP) is 1.28. The third kappa shape index (κ3) is 2.82. The number of rotatable bonds is 5. The Morgan fingerprint density at radius 3 is 2.28 bits per heavy atom. The molecular formula is C12H19N3O2S. The van der Waals surface area contributed by atoms with E-state index in [1.807, 2.05) is 0 Å². The predicted molar refractivity (Wildman–Crippen MR) is 71.6 cm³/mol. The Labute approximate surface area is 108 Å². The van der Waals surface area contributed by atoms with Gasteiger partial charge in [-0.15, -0.1) is 0 Å². The minimum absolute atomic E-state index is 0.363. The average Bonchev–Trinajstić information content (AvgIpc) is 3.08. The van der Waals surface area contributed by atoms with E-state index in [2.05, 4.69) is 10.1 Å². The van der Waals surface area contributed by atoms with Crippen LogP contribution in [0.25, 0.3) is 0 Å². The highest BCUT2D eigenvalue weighted by atomic mass is 32.2. The third-order valence-corrected chi connectivity index (χ3v) is 4.88. The van der Waals surface area contributed by atoms with E-state index in [0.29, 0.717) is 34.2 Å². The van der Waals surface area contributed by atoms with Crippen molar-refractivity contribution >= 4 is 15.7 Å². The van der Waals surface area contributed by atoms with Crippen LogP contribution in [0.5, 0.6) is 0 Å². The van der Waals surface area contributed by atoms with Gasteiger partial charge in [-0.3, -0.25) is 5.84 Å². The lowest BCUT2D eigenvalue weighted by Gasteiger charge is -2.13. The zero-order valence-corrected chi connectivity index (χ0v) is 11.5. The molecule has 1 aliphatic carbocycles. The van der Waals surface area contributed by atoms with Crippen molar-refractivity contribution in [1.29, 1.82) is 0 Å². The van der Waals surface area contributed by atoms with Crippen molar-refractivity contribution in [2.45, 2.75) is 31.6 Å². The summed E-state index contributed by atoms with van der Waals surface area (Å²) in [7, 11) is -3.42. The molecule has 0 aromatic heterocycles. The highest BCUT2D eigenvalue weighted by Gasteiger charge is 2.26. The molecule has 2 rings (SSSR count). The van der Waals surface area contributed by atoms with Gasteiger partial charge >= 0.3 is 0 Å². The van der Waals surface area contributed by atoms with E-state index in [0.717, 1.165) is 12.8 Å². The molecular weight excluding hydrogens is 250 g/mol. The minimum Gasteiger partial charge on any atom is -0.324 e. The Bertz CT molecular complexity index is 527. The molecule has 1 fully saturated rings. The molecule has 0 heterocycles. The van der Waals surface area contributed by atoms with Gasteiger partial charge in [0.1, 0.15) is 0 Å². The van der Waals surface area contributed by atoms with Crippen LogP contribution in [0, 0.1) is 19.8 Å². The number of benzene rings is 1.